The molecule has 2 saturated heterocycles. The first-order chi connectivity index (χ1) is 12.8. The van der Waals surface area contributed by atoms with E-state index in [0.29, 0.717) is 6.61 Å². The summed E-state index contributed by atoms with van der Waals surface area (Å²) >= 11 is 0. The second kappa shape index (κ2) is 7.68. The molecule has 0 N–H and O–H groups in total. The monoisotopic (exact) mass is 357 g/mol. The quantitative estimate of drug-likeness (QED) is 0.823. The largest absolute Gasteiger partial charge is 0.475 e. The van der Waals surface area contributed by atoms with E-state index in [1.54, 1.807) is 12.3 Å². The van der Waals surface area contributed by atoms with Crippen LogP contribution in [0.5, 0.6) is 5.88 Å². The molecule has 0 amide bonds. The summed E-state index contributed by atoms with van der Waals surface area (Å²) in [5.74, 6) is -0.341. The SMILES string of the molecule is Fc1cccnc1OC[C@@]12CCCO[C@@H]1CCN(Cc1ccccn1)C2. The van der Waals surface area contributed by atoms with Crippen molar-refractivity contribution in [3.63, 3.8) is 0 Å². The molecule has 2 fully saturated rings. The first kappa shape index (κ1) is 17.4. The number of rotatable bonds is 5. The van der Waals surface area contributed by atoms with E-state index in [-0.39, 0.29) is 17.4 Å². The number of piperidine rings is 1. The Balaban J connectivity index is 1.48. The summed E-state index contributed by atoms with van der Waals surface area (Å²) in [5.41, 5.74) is 0.935. The lowest BCUT2D eigenvalue weighted by molar-refractivity contribution is -0.141. The lowest BCUT2D eigenvalue weighted by atomic mass is 9.73. The summed E-state index contributed by atoms with van der Waals surface area (Å²) in [5, 5.41) is 0. The first-order valence-electron chi connectivity index (χ1n) is 9.22. The molecule has 4 heterocycles. The van der Waals surface area contributed by atoms with Crippen LogP contribution in [0.15, 0.2) is 42.7 Å². The molecule has 4 rings (SSSR count). The van der Waals surface area contributed by atoms with Gasteiger partial charge in [-0.2, -0.15) is 0 Å². The van der Waals surface area contributed by atoms with Crippen molar-refractivity contribution in [2.75, 3.05) is 26.3 Å². The van der Waals surface area contributed by atoms with Crippen molar-refractivity contribution in [2.24, 2.45) is 5.41 Å². The van der Waals surface area contributed by atoms with Gasteiger partial charge in [-0.1, -0.05) is 6.07 Å². The summed E-state index contributed by atoms with van der Waals surface area (Å²) in [6, 6.07) is 8.95. The Morgan fingerprint density at radius 2 is 2.15 bits per heavy atom. The minimum absolute atomic E-state index is 0.0769. The maximum Gasteiger partial charge on any atom is 0.250 e. The topological polar surface area (TPSA) is 47.5 Å². The Bertz CT molecular complexity index is 730. The standard InChI is InChI=1S/C20H24FN3O2/c21-17-6-3-10-23-19(17)26-15-20-8-4-12-25-18(20)7-11-24(14-20)13-16-5-1-2-9-22-16/h1-3,5-6,9-10,18H,4,7-8,11-15H2/t18-,20+/m1/s1. The lowest BCUT2D eigenvalue weighted by Crippen LogP contribution is -2.57. The molecule has 2 aromatic rings. The summed E-state index contributed by atoms with van der Waals surface area (Å²) in [4.78, 5) is 10.9. The van der Waals surface area contributed by atoms with Crippen molar-refractivity contribution in [3.8, 4) is 5.88 Å². The molecule has 26 heavy (non-hydrogen) atoms. The highest BCUT2D eigenvalue weighted by atomic mass is 19.1. The van der Waals surface area contributed by atoms with E-state index >= 15 is 0 Å². The molecule has 5 nitrogen and oxygen atoms in total. The van der Waals surface area contributed by atoms with Gasteiger partial charge in [-0.05, 0) is 43.5 Å². The Morgan fingerprint density at radius 1 is 1.23 bits per heavy atom. The van der Waals surface area contributed by atoms with Gasteiger partial charge in [0.15, 0.2) is 5.82 Å². The molecular weight excluding hydrogens is 333 g/mol. The molecule has 138 valence electrons. The predicted octanol–water partition coefficient (Wildman–Crippen LogP) is 3.07. The number of nitrogens with zero attached hydrogens (tertiary/aromatic N) is 3. The zero-order valence-electron chi connectivity index (χ0n) is 14.8. The van der Waals surface area contributed by atoms with E-state index in [1.165, 1.54) is 6.07 Å². The van der Waals surface area contributed by atoms with Crippen LogP contribution >= 0.6 is 0 Å². The van der Waals surface area contributed by atoms with Crippen LogP contribution in [-0.4, -0.2) is 47.3 Å². The molecule has 0 bridgehead atoms. The number of hydrogen-bond acceptors (Lipinski definition) is 5. The van der Waals surface area contributed by atoms with E-state index in [1.807, 2.05) is 18.3 Å². The van der Waals surface area contributed by atoms with Crippen molar-refractivity contribution < 1.29 is 13.9 Å². The molecule has 2 aliphatic heterocycles. The van der Waals surface area contributed by atoms with Gasteiger partial charge in [0.2, 0.25) is 5.88 Å². The van der Waals surface area contributed by atoms with Gasteiger partial charge in [0, 0.05) is 44.0 Å². The van der Waals surface area contributed by atoms with Crippen LogP contribution in [-0.2, 0) is 11.3 Å². The highest BCUT2D eigenvalue weighted by molar-refractivity contribution is 5.13. The van der Waals surface area contributed by atoms with Gasteiger partial charge in [0.1, 0.15) is 0 Å². The van der Waals surface area contributed by atoms with Gasteiger partial charge in [-0.3, -0.25) is 9.88 Å². The van der Waals surface area contributed by atoms with Crippen molar-refractivity contribution in [3.05, 3.63) is 54.2 Å². The molecule has 2 aliphatic rings. The molecule has 2 aromatic heterocycles. The molecule has 0 saturated carbocycles. The number of fused-ring (bicyclic) bond motifs is 1. The van der Waals surface area contributed by atoms with Crippen LogP contribution in [0.3, 0.4) is 0 Å². The van der Waals surface area contributed by atoms with Gasteiger partial charge in [0.05, 0.1) is 18.4 Å². The maximum atomic E-state index is 13.9. The van der Waals surface area contributed by atoms with E-state index in [2.05, 4.69) is 20.9 Å². The average molecular weight is 357 g/mol. The van der Waals surface area contributed by atoms with Crippen molar-refractivity contribution in [1.82, 2.24) is 14.9 Å². The molecule has 2 atom stereocenters. The van der Waals surface area contributed by atoms with Crippen LogP contribution in [0.2, 0.25) is 0 Å². The number of likely N-dealkylation sites (tertiary alicyclic amines) is 1. The molecule has 0 aromatic carbocycles. The predicted molar refractivity (Wildman–Crippen MR) is 95.2 cm³/mol. The second-order valence-electron chi connectivity index (χ2n) is 7.22. The van der Waals surface area contributed by atoms with Crippen molar-refractivity contribution in [2.45, 2.75) is 31.9 Å². The van der Waals surface area contributed by atoms with Crippen molar-refractivity contribution >= 4 is 0 Å². The van der Waals surface area contributed by atoms with E-state index in [9.17, 15) is 4.39 Å². The second-order valence-corrected chi connectivity index (χ2v) is 7.22. The Morgan fingerprint density at radius 3 is 3.00 bits per heavy atom. The highest BCUT2D eigenvalue weighted by Gasteiger charge is 2.46. The summed E-state index contributed by atoms with van der Waals surface area (Å²) < 4.78 is 25.8. The number of pyridine rings is 2. The summed E-state index contributed by atoms with van der Waals surface area (Å²) in [6.07, 6.45) is 6.52. The van der Waals surface area contributed by atoms with Crippen LogP contribution in [0, 0.1) is 11.2 Å². The fourth-order valence-electron chi connectivity index (χ4n) is 4.14. The Kier molecular flexibility index (Phi) is 5.13. The number of ether oxygens (including phenoxy) is 2. The van der Waals surface area contributed by atoms with Gasteiger partial charge in [-0.25, -0.2) is 9.37 Å². The number of halogens is 1. The minimum atomic E-state index is -0.418. The van der Waals surface area contributed by atoms with Gasteiger partial charge in [-0.15, -0.1) is 0 Å². The first-order valence-corrected chi connectivity index (χ1v) is 9.22. The van der Waals surface area contributed by atoms with Crippen molar-refractivity contribution in [1.29, 1.82) is 0 Å². The third-order valence-corrected chi connectivity index (χ3v) is 5.40. The molecule has 6 heteroatoms. The maximum absolute atomic E-state index is 13.9. The molecule has 0 unspecified atom stereocenters. The summed E-state index contributed by atoms with van der Waals surface area (Å²) in [7, 11) is 0. The Labute approximate surface area is 153 Å². The van der Waals surface area contributed by atoms with Gasteiger partial charge in [0.25, 0.3) is 0 Å². The van der Waals surface area contributed by atoms with Gasteiger partial charge < -0.3 is 9.47 Å². The molecular formula is C20H24FN3O2. The summed E-state index contributed by atoms with van der Waals surface area (Å²) in [6.45, 7) is 3.87. The zero-order chi connectivity index (χ0) is 17.8. The molecule has 0 radical (unpaired) electrons. The normalized spacial score (nSPS) is 26.3. The molecule has 0 aliphatic carbocycles. The van der Waals surface area contributed by atoms with Crippen LogP contribution in [0.4, 0.5) is 4.39 Å². The average Bonchev–Trinajstić information content (AvgIpc) is 2.68. The minimum Gasteiger partial charge on any atom is -0.475 e. The zero-order valence-corrected chi connectivity index (χ0v) is 14.8. The fourth-order valence-corrected chi connectivity index (χ4v) is 4.14. The third kappa shape index (κ3) is 3.71. The number of hydrogen-bond donors (Lipinski definition) is 0. The highest BCUT2D eigenvalue weighted by Crippen LogP contribution is 2.41. The fraction of sp³-hybridized carbons (Fsp3) is 0.500. The van der Waals surface area contributed by atoms with Crippen LogP contribution in [0.1, 0.15) is 25.0 Å². The lowest BCUT2D eigenvalue weighted by Gasteiger charge is -2.50. The van der Waals surface area contributed by atoms with E-state index in [0.717, 1.165) is 51.2 Å². The van der Waals surface area contributed by atoms with E-state index in [4.69, 9.17) is 9.47 Å². The van der Waals surface area contributed by atoms with Crippen LogP contribution in [0.25, 0.3) is 0 Å². The van der Waals surface area contributed by atoms with Gasteiger partial charge >= 0.3 is 0 Å². The Hall–Kier alpha value is -2.05. The number of aromatic nitrogens is 2. The van der Waals surface area contributed by atoms with E-state index < -0.39 is 5.82 Å². The smallest absolute Gasteiger partial charge is 0.250 e. The van der Waals surface area contributed by atoms with Crippen LogP contribution < -0.4 is 4.74 Å². The molecule has 0 spiro atoms. The third-order valence-electron chi connectivity index (χ3n) is 5.40.